The second kappa shape index (κ2) is 4.17. The fraction of sp³-hybridized carbons (Fsp3) is 0.733. The SMILES string of the molecule is CC1(C)C2CCC1(C)C(OCc1cnc(N)cn1)C2. The Balaban J connectivity index is 1.67. The molecule has 0 saturated heterocycles. The highest BCUT2D eigenvalue weighted by Gasteiger charge is 2.61. The summed E-state index contributed by atoms with van der Waals surface area (Å²) in [6, 6.07) is 0. The number of nitrogens with two attached hydrogens (primary N) is 1. The van der Waals surface area contributed by atoms with Gasteiger partial charge in [0.2, 0.25) is 0 Å². The fourth-order valence-electron chi connectivity index (χ4n) is 4.01. The van der Waals surface area contributed by atoms with Crippen LogP contribution in [0.2, 0.25) is 0 Å². The first-order valence-corrected chi connectivity index (χ1v) is 7.11. The number of aromatic nitrogens is 2. The van der Waals surface area contributed by atoms with Gasteiger partial charge in [0.1, 0.15) is 5.82 Å². The number of rotatable bonds is 3. The van der Waals surface area contributed by atoms with Crippen LogP contribution >= 0.6 is 0 Å². The zero-order chi connectivity index (χ0) is 13.7. The summed E-state index contributed by atoms with van der Waals surface area (Å²) in [5.41, 5.74) is 7.09. The van der Waals surface area contributed by atoms with Gasteiger partial charge in [-0.3, -0.25) is 4.98 Å². The van der Waals surface area contributed by atoms with E-state index in [4.69, 9.17) is 10.5 Å². The van der Waals surface area contributed by atoms with Gasteiger partial charge in [0.15, 0.2) is 0 Å². The summed E-state index contributed by atoms with van der Waals surface area (Å²) in [6.07, 6.45) is 7.46. The average Bonchev–Trinajstić information content (AvgIpc) is 2.71. The molecule has 3 unspecified atom stereocenters. The number of hydrogen-bond acceptors (Lipinski definition) is 4. The van der Waals surface area contributed by atoms with Gasteiger partial charge >= 0.3 is 0 Å². The summed E-state index contributed by atoms with van der Waals surface area (Å²) >= 11 is 0. The summed E-state index contributed by atoms with van der Waals surface area (Å²) in [7, 11) is 0. The van der Waals surface area contributed by atoms with Crippen LogP contribution in [0.25, 0.3) is 0 Å². The molecular weight excluding hydrogens is 238 g/mol. The molecule has 19 heavy (non-hydrogen) atoms. The van der Waals surface area contributed by atoms with Crippen molar-refractivity contribution in [2.75, 3.05) is 5.73 Å². The standard InChI is InChI=1S/C15H23N3O/c1-14(2)10-4-5-15(14,3)12(6-10)19-9-11-7-18-13(16)8-17-11/h7-8,10,12H,4-6,9H2,1-3H3,(H2,16,18). The molecule has 2 aliphatic rings. The summed E-state index contributed by atoms with van der Waals surface area (Å²) < 4.78 is 6.16. The van der Waals surface area contributed by atoms with Crippen LogP contribution in [0.3, 0.4) is 0 Å². The lowest BCUT2D eigenvalue weighted by Gasteiger charge is -2.38. The van der Waals surface area contributed by atoms with Crippen LogP contribution in [0.4, 0.5) is 5.82 Å². The summed E-state index contributed by atoms with van der Waals surface area (Å²) in [5.74, 6) is 1.26. The van der Waals surface area contributed by atoms with Crippen LogP contribution in [0, 0.1) is 16.7 Å². The topological polar surface area (TPSA) is 61.0 Å². The number of fused-ring (bicyclic) bond motifs is 2. The van der Waals surface area contributed by atoms with Crippen molar-refractivity contribution in [3.8, 4) is 0 Å². The first-order chi connectivity index (χ1) is 8.93. The highest BCUT2D eigenvalue weighted by molar-refractivity contribution is 5.22. The molecule has 2 N–H and O–H groups in total. The van der Waals surface area contributed by atoms with E-state index in [1.165, 1.54) is 19.3 Å². The molecule has 2 bridgehead atoms. The smallest absolute Gasteiger partial charge is 0.141 e. The maximum Gasteiger partial charge on any atom is 0.141 e. The van der Waals surface area contributed by atoms with Gasteiger partial charge in [-0.1, -0.05) is 20.8 Å². The molecule has 2 aliphatic carbocycles. The lowest BCUT2D eigenvalue weighted by molar-refractivity contribution is -0.0560. The van der Waals surface area contributed by atoms with Crippen molar-refractivity contribution < 1.29 is 4.74 Å². The first-order valence-electron chi connectivity index (χ1n) is 7.11. The van der Waals surface area contributed by atoms with Crippen molar-refractivity contribution in [1.82, 2.24) is 9.97 Å². The van der Waals surface area contributed by atoms with E-state index in [0.717, 1.165) is 11.6 Å². The van der Waals surface area contributed by atoms with Gasteiger partial charge in [-0.05, 0) is 36.0 Å². The average molecular weight is 261 g/mol. The highest BCUT2D eigenvalue weighted by atomic mass is 16.5. The minimum Gasteiger partial charge on any atom is -0.382 e. The predicted octanol–water partition coefficient (Wildman–Crippen LogP) is 2.79. The number of nitrogen functional groups attached to an aromatic ring is 1. The Labute approximate surface area is 114 Å². The molecule has 0 amide bonds. The fourth-order valence-corrected chi connectivity index (χ4v) is 4.01. The molecule has 3 rings (SSSR count). The van der Waals surface area contributed by atoms with Crippen molar-refractivity contribution in [1.29, 1.82) is 0 Å². The van der Waals surface area contributed by atoms with E-state index >= 15 is 0 Å². The molecule has 1 aromatic rings. The van der Waals surface area contributed by atoms with Crippen molar-refractivity contribution in [3.05, 3.63) is 18.1 Å². The van der Waals surface area contributed by atoms with Crippen LogP contribution in [-0.4, -0.2) is 16.1 Å². The Bertz CT molecular complexity index is 471. The van der Waals surface area contributed by atoms with Crippen molar-refractivity contribution in [2.45, 2.75) is 52.7 Å². The van der Waals surface area contributed by atoms with E-state index < -0.39 is 0 Å². The number of anilines is 1. The second-order valence-electron chi connectivity index (χ2n) is 6.84. The third kappa shape index (κ3) is 1.84. The van der Waals surface area contributed by atoms with E-state index in [1.54, 1.807) is 12.4 Å². The predicted molar refractivity (Wildman–Crippen MR) is 74.3 cm³/mol. The van der Waals surface area contributed by atoms with E-state index in [0.29, 0.717) is 29.4 Å². The van der Waals surface area contributed by atoms with Crippen LogP contribution in [0.1, 0.15) is 45.7 Å². The molecule has 2 fully saturated rings. The molecular formula is C15H23N3O. The molecule has 0 spiro atoms. The molecule has 104 valence electrons. The van der Waals surface area contributed by atoms with E-state index in [-0.39, 0.29) is 0 Å². The Morgan fingerprint density at radius 2 is 2.11 bits per heavy atom. The monoisotopic (exact) mass is 261 g/mol. The molecule has 4 nitrogen and oxygen atoms in total. The molecule has 0 aliphatic heterocycles. The minimum absolute atomic E-state index is 0.304. The Hall–Kier alpha value is -1.16. The molecule has 1 aromatic heterocycles. The number of hydrogen-bond donors (Lipinski definition) is 1. The molecule has 0 aromatic carbocycles. The largest absolute Gasteiger partial charge is 0.382 e. The second-order valence-corrected chi connectivity index (χ2v) is 6.84. The zero-order valence-electron chi connectivity index (χ0n) is 12.0. The third-order valence-electron chi connectivity index (χ3n) is 5.87. The van der Waals surface area contributed by atoms with Gasteiger partial charge in [0.25, 0.3) is 0 Å². The van der Waals surface area contributed by atoms with Gasteiger partial charge < -0.3 is 10.5 Å². The van der Waals surface area contributed by atoms with Gasteiger partial charge in [0, 0.05) is 0 Å². The van der Waals surface area contributed by atoms with Gasteiger partial charge in [0.05, 0.1) is 30.8 Å². The number of ether oxygens (including phenoxy) is 1. The molecule has 4 heteroatoms. The van der Waals surface area contributed by atoms with Gasteiger partial charge in [-0.15, -0.1) is 0 Å². The first kappa shape index (κ1) is 12.9. The molecule has 1 heterocycles. The lowest BCUT2D eigenvalue weighted by atomic mass is 9.70. The van der Waals surface area contributed by atoms with Crippen molar-refractivity contribution in [3.63, 3.8) is 0 Å². The summed E-state index contributed by atoms with van der Waals surface area (Å²) in [5, 5.41) is 0. The van der Waals surface area contributed by atoms with Crippen LogP contribution in [0.5, 0.6) is 0 Å². The van der Waals surface area contributed by atoms with Crippen molar-refractivity contribution in [2.24, 2.45) is 16.7 Å². The summed E-state index contributed by atoms with van der Waals surface area (Å²) in [4.78, 5) is 8.30. The Morgan fingerprint density at radius 1 is 1.32 bits per heavy atom. The summed E-state index contributed by atoms with van der Waals surface area (Å²) in [6.45, 7) is 7.73. The van der Waals surface area contributed by atoms with E-state index in [1.807, 2.05) is 0 Å². The Kier molecular flexibility index (Phi) is 2.82. The number of nitrogens with zero attached hydrogens (tertiary/aromatic N) is 2. The molecule has 0 radical (unpaired) electrons. The maximum absolute atomic E-state index is 6.16. The van der Waals surface area contributed by atoms with Gasteiger partial charge in [-0.2, -0.15) is 0 Å². The quantitative estimate of drug-likeness (QED) is 0.909. The van der Waals surface area contributed by atoms with Gasteiger partial charge in [-0.25, -0.2) is 4.98 Å². The molecule has 3 atom stereocenters. The Morgan fingerprint density at radius 3 is 2.63 bits per heavy atom. The van der Waals surface area contributed by atoms with E-state index in [2.05, 4.69) is 30.7 Å². The van der Waals surface area contributed by atoms with Crippen molar-refractivity contribution >= 4 is 5.82 Å². The third-order valence-corrected chi connectivity index (χ3v) is 5.87. The maximum atomic E-state index is 6.16. The zero-order valence-corrected chi connectivity index (χ0v) is 12.0. The van der Waals surface area contributed by atoms with Crippen LogP contribution < -0.4 is 5.73 Å². The highest BCUT2D eigenvalue weighted by Crippen LogP contribution is 2.66. The van der Waals surface area contributed by atoms with E-state index in [9.17, 15) is 0 Å². The normalized spacial score (nSPS) is 35.7. The minimum atomic E-state index is 0.304. The lowest BCUT2D eigenvalue weighted by Crippen LogP contribution is -2.37. The molecule has 2 saturated carbocycles. The van der Waals surface area contributed by atoms with Crippen LogP contribution in [-0.2, 0) is 11.3 Å². The van der Waals surface area contributed by atoms with Crippen LogP contribution in [0.15, 0.2) is 12.4 Å².